The summed E-state index contributed by atoms with van der Waals surface area (Å²) in [5.41, 5.74) is 1.01. The molecule has 0 unspecified atom stereocenters. The van der Waals surface area contributed by atoms with E-state index < -0.39 is 0 Å². The Hall–Kier alpha value is -2.66. The van der Waals surface area contributed by atoms with Gasteiger partial charge in [0.2, 0.25) is 0 Å². The fraction of sp³-hybridized carbons (Fsp3) is 0.105. The van der Waals surface area contributed by atoms with Crippen LogP contribution in [0.15, 0.2) is 72.1 Å². The second-order valence-corrected chi connectivity index (χ2v) is 6.15. The smallest absolute Gasteiger partial charge is 0.258 e. The predicted octanol–water partition coefficient (Wildman–Crippen LogP) is 4.17. The monoisotopic (exact) mass is 341 g/mol. The molecule has 0 fully saturated rings. The summed E-state index contributed by atoms with van der Waals surface area (Å²) in [7, 11) is 0. The Kier molecular flexibility index (Phi) is 5.23. The molecule has 122 valence electrons. The van der Waals surface area contributed by atoms with Crippen LogP contribution in [0.3, 0.4) is 0 Å². The summed E-state index contributed by atoms with van der Waals surface area (Å²) in [5, 5.41) is 4.97. The quantitative estimate of drug-likeness (QED) is 0.731. The van der Waals surface area contributed by atoms with Crippen molar-refractivity contribution in [3.05, 3.63) is 88.4 Å². The summed E-state index contributed by atoms with van der Waals surface area (Å²) in [6.45, 7) is -0.125. The molecule has 1 amide bonds. The predicted molar refractivity (Wildman–Crippen MR) is 92.6 cm³/mol. The molecular weight excluding hydrogens is 325 g/mol. The lowest BCUT2D eigenvalue weighted by Crippen LogP contribution is -2.32. The third-order valence-corrected chi connectivity index (χ3v) is 4.39. The van der Waals surface area contributed by atoms with Gasteiger partial charge in [-0.2, -0.15) is 0 Å². The summed E-state index contributed by atoms with van der Waals surface area (Å²) >= 11 is 1.59. The molecule has 2 aromatic carbocycles. The van der Waals surface area contributed by atoms with Gasteiger partial charge < -0.3 is 10.1 Å². The second kappa shape index (κ2) is 7.75. The number of hydrogen-bond acceptors (Lipinski definition) is 3. The Morgan fingerprint density at radius 1 is 1.04 bits per heavy atom. The van der Waals surface area contributed by atoms with Gasteiger partial charge in [-0.15, -0.1) is 11.3 Å². The highest BCUT2D eigenvalue weighted by Gasteiger charge is 2.17. The number of benzene rings is 2. The highest BCUT2D eigenvalue weighted by atomic mass is 32.1. The van der Waals surface area contributed by atoms with Gasteiger partial charge in [0, 0.05) is 4.88 Å². The average molecular weight is 341 g/mol. The summed E-state index contributed by atoms with van der Waals surface area (Å²) < 4.78 is 18.3. The molecular formula is C19H16FNO2S. The largest absolute Gasteiger partial charge is 0.484 e. The summed E-state index contributed by atoms with van der Waals surface area (Å²) in [6.07, 6.45) is 0. The number of thiophene rings is 1. The first kappa shape index (κ1) is 16.2. The van der Waals surface area contributed by atoms with Gasteiger partial charge in [-0.1, -0.05) is 36.4 Å². The number of amides is 1. The van der Waals surface area contributed by atoms with Gasteiger partial charge in [0.25, 0.3) is 5.91 Å². The van der Waals surface area contributed by atoms with E-state index in [-0.39, 0.29) is 24.4 Å². The van der Waals surface area contributed by atoms with Crippen molar-refractivity contribution in [1.29, 1.82) is 0 Å². The van der Waals surface area contributed by atoms with Gasteiger partial charge in [0.05, 0.1) is 6.04 Å². The van der Waals surface area contributed by atoms with E-state index in [0.29, 0.717) is 5.75 Å². The molecule has 0 aliphatic rings. The third-order valence-electron chi connectivity index (χ3n) is 3.45. The Bertz CT molecular complexity index is 773. The van der Waals surface area contributed by atoms with Crippen LogP contribution in [-0.4, -0.2) is 12.5 Å². The Labute approximate surface area is 143 Å². The van der Waals surface area contributed by atoms with E-state index in [2.05, 4.69) is 5.32 Å². The topological polar surface area (TPSA) is 38.3 Å². The third kappa shape index (κ3) is 4.20. The molecule has 0 saturated heterocycles. The number of ether oxygens (including phenoxy) is 1. The first-order valence-corrected chi connectivity index (χ1v) is 8.36. The molecule has 0 radical (unpaired) electrons. The zero-order valence-corrected chi connectivity index (χ0v) is 13.6. The summed E-state index contributed by atoms with van der Waals surface area (Å²) in [5.74, 6) is -0.117. The van der Waals surface area contributed by atoms with E-state index in [1.165, 1.54) is 24.3 Å². The molecule has 0 spiro atoms. The average Bonchev–Trinajstić information content (AvgIpc) is 3.14. The zero-order valence-electron chi connectivity index (χ0n) is 12.8. The van der Waals surface area contributed by atoms with Crippen LogP contribution in [0, 0.1) is 5.82 Å². The van der Waals surface area contributed by atoms with Crippen molar-refractivity contribution in [3.8, 4) is 5.75 Å². The van der Waals surface area contributed by atoms with Crippen molar-refractivity contribution in [3.63, 3.8) is 0 Å². The first-order chi connectivity index (χ1) is 11.7. The maximum absolute atomic E-state index is 12.9. The molecule has 3 aromatic rings. The van der Waals surface area contributed by atoms with E-state index in [9.17, 15) is 9.18 Å². The molecule has 0 aliphatic heterocycles. The van der Waals surface area contributed by atoms with Gasteiger partial charge in [-0.3, -0.25) is 4.79 Å². The highest BCUT2D eigenvalue weighted by Crippen LogP contribution is 2.25. The molecule has 0 aliphatic carbocycles. The van der Waals surface area contributed by atoms with E-state index in [4.69, 9.17) is 4.74 Å². The number of halogens is 1. The summed E-state index contributed by atoms with van der Waals surface area (Å²) in [6, 6.07) is 19.1. The number of hydrogen-bond donors (Lipinski definition) is 1. The van der Waals surface area contributed by atoms with Crippen LogP contribution in [0.2, 0.25) is 0 Å². The standard InChI is InChI=1S/C19H16FNO2S/c20-15-8-10-16(11-9-15)23-13-18(22)21-19(17-7-4-12-24-17)14-5-2-1-3-6-14/h1-12,19H,13H2,(H,21,22)/t19-/m1/s1. The molecule has 0 bridgehead atoms. The fourth-order valence-electron chi connectivity index (χ4n) is 2.30. The molecule has 3 rings (SSSR count). The lowest BCUT2D eigenvalue weighted by Gasteiger charge is -2.18. The highest BCUT2D eigenvalue weighted by molar-refractivity contribution is 7.10. The molecule has 5 heteroatoms. The molecule has 3 nitrogen and oxygen atoms in total. The Morgan fingerprint density at radius 3 is 2.46 bits per heavy atom. The normalized spacial score (nSPS) is 11.7. The fourth-order valence-corrected chi connectivity index (χ4v) is 3.10. The van der Waals surface area contributed by atoms with Crippen LogP contribution in [0.25, 0.3) is 0 Å². The zero-order chi connectivity index (χ0) is 16.8. The minimum atomic E-state index is -0.339. The van der Waals surface area contributed by atoms with Crippen LogP contribution in [0.5, 0.6) is 5.75 Å². The number of nitrogens with one attached hydrogen (secondary N) is 1. The maximum atomic E-state index is 12.9. The van der Waals surface area contributed by atoms with Crippen LogP contribution < -0.4 is 10.1 Å². The van der Waals surface area contributed by atoms with Gasteiger partial charge >= 0.3 is 0 Å². The Balaban J connectivity index is 1.66. The van der Waals surface area contributed by atoms with Crippen molar-refractivity contribution in [2.75, 3.05) is 6.61 Å². The van der Waals surface area contributed by atoms with Gasteiger partial charge in [0.15, 0.2) is 6.61 Å². The van der Waals surface area contributed by atoms with E-state index in [1.54, 1.807) is 11.3 Å². The van der Waals surface area contributed by atoms with Gasteiger partial charge in [-0.05, 0) is 41.3 Å². The maximum Gasteiger partial charge on any atom is 0.258 e. The van der Waals surface area contributed by atoms with Crippen LogP contribution in [0.1, 0.15) is 16.5 Å². The minimum absolute atomic E-state index is 0.125. The van der Waals surface area contributed by atoms with Crippen LogP contribution in [-0.2, 0) is 4.79 Å². The SMILES string of the molecule is O=C(COc1ccc(F)cc1)N[C@H](c1ccccc1)c1cccs1. The molecule has 1 N–H and O–H groups in total. The number of carbonyl (C=O) groups is 1. The molecule has 24 heavy (non-hydrogen) atoms. The second-order valence-electron chi connectivity index (χ2n) is 5.17. The molecule has 1 heterocycles. The number of carbonyl (C=O) groups excluding carboxylic acids is 1. The van der Waals surface area contributed by atoms with E-state index >= 15 is 0 Å². The lowest BCUT2D eigenvalue weighted by atomic mass is 10.1. The van der Waals surface area contributed by atoms with E-state index in [0.717, 1.165) is 10.4 Å². The van der Waals surface area contributed by atoms with Crippen LogP contribution >= 0.6 is 11.3 Å². The van der Waals surface area contributed by atoms with Gasteiger partial charge in [-0.25, -0.2) is 4.39 Å². The molecule has 1 atom stereocenters. The number of rotatable bonds is 6. The van der Waals surface area contributed by atoms with Crippen LogP contribution in [0.4, 0.5) is 4.39 Å². The van der Waals surface area contributed by atoms with Gasteiger partial charge in [0.1, 0.15) is 11.6 Å². The van der Waals surface area contributed by atoms with Crippen molar-refractivity contribution in [1.82, 2.24) is 5.32 Å². The molecule has 0 saturated carbocycles. The van der Waals surface area contributed by atoms with Crippen molar-refractivity contribution in [2.24, 2.45) is 0 Å². The lowest BCUT2D eigenvalue weighted by molar-refractivity contribution is -0.123. The summed E-state index contributed by atoms with van der Waals surface area (Å²) in [4.78, 5) is 13.3. The van der Waals surface area contributed by atoms with E-state index in [1.807, 2.05) is 47.8 Å². The minimum Gasteiger partial charge on any atom is -0.484 e. The van der Waals surface area contributed by atoms with Crippen molar-refractivity contribution < 1.29 is 13.9 Å². The first-order valence-electron chi connectivity index (χ1n) is 7.48. The Morgan fingerprint density at radius 2 is 1.79 bits per heavy atom. The van der Waals surface area contributed by atoms with Crippen molar-refractivity contribution >= 4 is 17.2 Å². The van der Waals surface area contributed by atoms with Crippen molar-refractivity contribution in [2.45, 2.75) is 6.04 Å². The molecule has 1 aromatic heterocycles.